The summed E-state index contributed by atoms with van der Waals surface area (Å²) in [6, 6.07) is 4.45. The summed E-state index contributed by atoms with van der Waals surface area (Å²) in [4.78, 5) is 11.6. The summed E-state index contributed by atoms with van der Waals surface area (Å²) in [6.45, 7) is 2.29. The van der Waals surface area contributed by atoms with Crippen molar-refractivity contribution in [3.63, 3.8) is 0 Å². The average molecular weight is 277 g/mol. The number of rotatable bonds is 4. The molecule has 1 atom stereocenters. The summed E-state index contributed by atoms with van der Waals surface area (Å²) in [5.74, 6) is 0. The van der Waals surface area contributed by atoms with Gasteiger partial charge in [0.1, 0.15) is 0 Å². The number of benzene rings is 1. The minimum atomic E-state index is -0.334. The maximum absolute atomic E-state index is 11.6. The number of methoxy groups -OCH3 is 1. The number of carbonyl (C=O) groups is 1. The lowest BCUT2D eigenvalue weighted by molar-refractivity contribution is 0.173. The van der Waals surface area contributed by atoms with E-state index < -0.39 is 0 Å². The molecule has 17 heavy (non-hydrogen) atoms. The number of urea groups is 1. The molecule has 4 nitrogen and oxygen atoms in total. The van der Waals surface area contributed by atoms with Crippen LogP contribution in [0.4, 0.5) is 10.5 Å². The van der Waals surface area contributed by atoms with Crippen LogP contribution in [0, 0.1) is 0 Å². The second-order valence-corrected chi connectivity index (χ2v) is 4.42. The van der Waals surface area contributed by atoms with Gasteiger partial charge in [0.2, 0.25) is 0 Å². The van der Waals surface area contributed by atoms with Crippen molar-refractivity contribution in [1.82, 2.24) is 5.32 Å². The molecule has 0 spiro atoms. The molecule has 94 valence electrons. The topological polar surface area (TPSA) is 50.4 Å². The van der Waals surface area contributed by atoms with Gasteiger partial charge in [0.25, 0.3) is 0 Å². The minimum Gasteiger partial charge on any atom is -0.383 e. The molecule has 0 radical (unpaired) electrons. The van der Waals surface area contributed by atoms with Crippen molar-refractivity contribution < 1.29 is 9.53 Å². The Morgan fingerprint density at radius 2 is 2.18 bits per heavy atom. The van der Waals surface area contributed by atoms with Crippen LogP contribution in [0.15, 0.2) is 18.2 Å². The lowest BCUT2D eigenvalue weighted by Gasteiger charge is -2.14. The van der Waals surface area contributed by atoms with Crippen LogP contribution in [-0.4, -0.2) is 25.8 Å². The van der Waals surface area contributed by atoms with Crippen molar-refractivity contribution in [2.75, 3.05) is 19.0 Å². The SMILES string of the molecule is COC[C@H](C)NC(=O)Nc1ccc(Cl)cc1Cl. The predicted molar refractivity (Wildman–Crippen MR) is 70.0 cm³/mol. The molecule has 0 saturated carbocycles. The van der Waals surface area contributed by atoms with Crippen LogP contribution >= 0.6 is 23.2 Å². The number of ether oxygens (including phenoxy) is 1. The Balaban J connectivity index is 2.56. The summed E-state index contributed by atoms with van der Waals surface area (Å²) in [7, 11) is 1.58. The second-order valence-electron chi connectivity index (χ2n) is 3.58. The molecule has 2 N–H and O–H groups in total. The zero-order valence-corrected chi connectivity index (χ0v) is 11.1. The molecular weight excluding hydrogens is 263 g/mol. The van der Waals surface area contributed by atoms with E-state index in [-0.39, 0.29) is 12.1 Å². The zero-order valence-electron chi connectivity index (χ0n) is 9.59. The molecular formula is C11H14Cl2N2O2. The first-order valence-electron chi connectivity index (χ1n) is 5.04. The molecule has 6 heteroatoms. The lowest BCUT2D eigenvalue weighted by atomic mass is 10.3. The Kier molecular flexibility index (Phi) is 5.55. The Hall–Kier alpha value is -0.970. The molecule has 0 bridgehead atoms. The number of amides is 2. The molecule has 1 aromatic carbocycles. The summed E-state index contributed by atoms with van der Waals surface area (Å²) in [6.07, 6.45) is 0. The number of halogens is 2. The fourth-order valence-electron chi connectivity index (χ4n) is 1.26. The number of carbonyl (C=O) groups excluding carboxylic acids is 1. The third kappa shape index (κ3) is 4.81. The second kappa shape index (κ2) is 6.69. The van der Waals surface area contributed by atoms with Crippen molar-refractivity contribution >= 4 is 34.9 Å². The smallest absolute Gasteiger partial charge is 0.319 e. The maximum Gasteiger partial charge on any atom is 0.319 e. The van der Waals surface area contributed by atoms with Gasteiger partial charge < -0.3 is 15.4 Å². The summed E-state index contributed by atoms with van der Waals surface area (Å²) >= 11 is 11.7. The van der Waals surface area contributed by atoms with Gasteiger partial charge in [0.15, 0.2) is 0 Å². The van der Waals surface area contributed by atoms with Gasteiger partial charge in [-0.3, -0.25) is 0 Å². The largest absolute Gasteiger partial charge is 0.383 e. The molecule has 1 rings (SSSR count). The van der Waals surface area contributed by atoms with Gasteiger partial charge in [-0.25, -0.2) is 4.79 Å². The van der Waals surface area contributed by atoms with E-state index in [1.165, 1.54) is 0 Å². The summed E-state index contributed by atoms with van der Waals surface area (Å²) < 4.78 is 4.91. The fourth-order valence-corrected chi connectivity index (χ4v) is 1.72. The maximum atomic E-state index is 11.6. The minimum absolute atomic E-state index is 0.0777. The Morgan fingerprint density at radius 1 is 1.47 bits per heavy atom. The highest BCUT2D eigenvalue weighted by atomic mass is 35.5. The van der Waals surface area contributed by atoms with Crippen molar-refractivity contribution in [1.29, 1.82) is 0 Å². The van der Waals surface area contributed by atoms with E-state index in [1.807, 2.05) is 6.92 Å². The van der Waals surface area contributed by atoms with Gasteiger partial charge >= 0.3 is 6.03 Å². The highest BCUT2D eigenvalue weighted by Gasteiger charge is 2.09. The third-order valence-corrected chi connectivity index (χ3v) is 2.52. The number of hydrogen-bond donors (Lipinski definition) is 2. The van der Waals surface area contributed by atoms with E-state index in [1.54, 1.807) is 25.3 Å². The van der Waals surface area contributed by atoms with Gasteiger partial charge in [-0.2, -0.15) is 0 Å². The van der Waals surface area contributed by atoms with Gasteiger partial charge in [0.05, 0.1) is 23.4 Å². The number of hydrogen-bond acceptors (Lipinski definition) is 2. The van der Waals surface area contributed by atoms with E-state index in [0.29, 0.717) is 22.3 Å². The molecule has 2 amide bonds. The van der Waals surface area contributed by atoms with Gasteiger partial charge in [-0.15, -0.1) is 0 Å². The highest BCUT2D eigenvalue weighted by Crippen LogP contribution is 2.25. The average Bonchev–Trinajstić information content (AvgIpc) is 2.22. The van der Waals surface area contributed by atoms with Crippen LogP contribution < -0.4 is 10.6 Å². The zero-order chi connectivity index (χ0) is 12.8. The summed E-state index contributed by atoms with van der Waals surface area (Å²) in [5, 5.41) is 6.25. The third-order valence-electron chi connectivity index (χ3n) is 1.97. The predicted octanol–water partition coefficient (Wildman–Crippen LogP) is 3.15. The molecule has 0 fully saturated rings. The molecule has 0 heterocycles. The van der Waals surface area contributed by atoms with Crippen LogP contribution in [0.1, 0.15) is 6.92 Å². The van der Waals surface area contributed by atoms with Crippen LogP contribution in [0.5, 0.6) is 0 Å². The van der Waals surface area contributed by atoms with E-state index in [2.05, 4.69) is 10.6 Å². The normalized spacial score (nSPS) is 12.0. The summed E-state index contributed by atoms with van der Waals surface area (Å²) in [5.41, 5.74) is 0.512. The van der Waals surface area contributed by atoms with Crippen molar-refractivity contribution in [3.8, 4) is 0 Å². The van der Waals surface area contributed by atoms with E-state index >= 15 is 0 Å². The quantitative estimate of drug-likeness (QED) is 0.888. The van der Waals surface area contributed by atoms with Crippen LogP contribution in [0.25, 0.3) is 0 Å². The lowest BCUT2D eigenvalue weighted by Crippen LogP contribution is -2.38. The molecule has 0 aliphatic rings. The van der Waals surface area contributed by atoms with Crippen LogP contribution in [0.2, 0.25) is 10.0 Å². The van der Waals surface area contributed by atoms with Crippen molar-refractivity contribution in [2.45, 2.75) is 13.0 Å². The van der Waals surface area contributed by atoms with Crippen molar-refractivity contribution in [2.24, 2.45) is 0 Å². The number of anilines is 1. The monoisotopic (exact) mass is 276 g/mol. The fraction of sp³-hybridized carbons (Fsp3) is 0.364. The molecule has 0 aliphatic carbocycles. The van der Waals surface area contributed by atoms with E-state index in [4.69, 9.17) is 27.9 Å². The Morgan fingerprint density at radius 3 is 2.76 bits per heavy atom. The first-order valence-corrected chi connectivity index (χ1v) is 5.80. The Labute approximate surface area is 110 Å². The standard InChI is InChI=1S/C11H14Cl2N2O2/c1-7(6-17-2)14-11(16)15-10-4-3-8(12)5-9(10)13/h3-5,7H,6H2,1-2H3,(H2,14,15,16)/t7-/m0/s1. The first-order chi connectivity index (χ1) is 8.02. The Bertz CT molecular complexity index is 399. The van der Waals surface area contributed by atoms with E-state index in [9.17, 15) is 4.79 Å². The first kappa shape index (κ1) is 14.1. The molecule has 0 aliphatic heterocycles. The van der Waals surface area contributed by atoms with E-state index in [0.717, 1.165) is 0 Å². The molecule has 1 aromatic rings. The van der Waals surface area contributed by atoms with Gasteiger partial charge in [-0.05, 0) is 25.1 Å². The highest BCUT2D eigenvalue weighted by molar-refractivity contribution is 6.36. The van der Waals surface area contributed by atoms with Gasteiger partial charge in [-0.1, -0.05) is 23.2 Å². The number of nitrogens with one attached hydrogen (secondary N) is 2. The van der Waals surface area contributed by atoms with Crippen molar-refractivity contribution in [3.05, 3.63) is 28.2 Å². The van der Waals surface area contributed by atoms with Crippen LogP contribution in [-0.2, 0) is 4.74 Å². The molecule has 0 saturated heterocycles. The molecule has 0 aromatic heterocycles. The van der Waals surface area contributed by atoms with Gasteiger partial charge in [0, 0.05) is 12.1 Å². The van der Waals surface area contributed by atoms with Crippen LogP contribution in [0.3, 0.4) is 0 Å². The molecule has 0 unspecified atom stereocenters.